The minimum Gasteiger partial charge on any atom is -0.364 e. The summed E-state index contributed by atoms with van der Waals surface area (Å²) in [7, 11) is 0. The second-order valence-corrected chi connectivity index (χ2v) is 4.55. The van der Waals surface area contributed by atoms with E-state index in [1.165, 1.54) is 6.20 Å². The zero-order valence-electron chi connectivity index (χ0n) is 8.60. The van der Waals surface area contributed by atoms with Crippen LogP contribution in [0.5, 0.6) is 0 Å². The molecule has 1 saturated heterocycles. The molecule has 0 aromatic carbocycles. The van der Waals surface area contributed by atoms with Crippen molar-refractivity contribution in [2.75, 3.05) is 18.4 Å². The van der Waals surface area contributed by atoms with Crippen molar-refractivity contribution in [1.29, 1.82) is 0 Å². The summed E-state index contributed by atoms with van der Waals surface area (Å²) in [5, 5.41) is 3.45. The largest absolute Gasteiger partial charge is 0.364 e. The molecule has 3 N–H and O–H groups in total. The van der Waals surface area contributed by atoms with Gasteiger partial charge in [-0.2, -0.15) is 0 Å². The van der Waals surface area contributed by atoms with Crippen molar-refractivity contribution in [1.82, 2.24) is 9.88 Å². The molecular weight excluding hydrogens is 228 g/mol. The maximum atomic E-state index is 11.7. The second-order valence-electron chi connectivity index (χ2n) is 3.52. The number of thiazole rings is 1. The minimum atomic E-state index is -0.577. The third-order valence-corrected chi connectivity index (χ3v) is 3.27. The number of amides is 3. The first-order chi connectivity index (χ1) is 7.66. The number of nitrogens with two attached hydrogens (primary N) is 1. The number of primary amides is 1. The smallest absolute Gasteiger partial charge is 0.322 e. The third-order valence-electron chi connectivity index (χ3n) is 2.34. The number of hydrogen-bond acceptors (Lipinski definition) is 4. The monoisotopic (exact) mass is 240 g/mol. The van der Waals surface area contributed by atoms with Crippen molar-refractivity contribution in [3.63, 3.8) is 0 Å². The van der Waals surface area contributed by atoms with E-state index in [4.69, 9.17) is 5.73 Å². The van der Waals surface area contributed by atoms with Gasteiger partial charge in [-0.3, -0.25) is 10.1 Å². The molecule has 86 valence electrons. The zero-order valence-corrected chi connectivity index (χ0v) is 9.42. The van der Waals surface area contributed by atoms with Crippen LogP contribution in [0.1, 0.15) is 22.6 Å². The summed E-state index contributed by atoms with van der Waals surface area (Å²) in [6.07, 6.45) is 3.53. The number of nitrogens with zero attached hydrogens (tertiary/aromatic N) is 2. The van der Waals surface area contributed by atoms with Gasteiger partial charge < -0.3 is 10.6 Å². The third kappa shape index (κ3) is 2.30. The molecule has 6 nitrogen and oxygen atoms in total. The van der Waals surface area contributed by atoms with Crippen LogP contribution in [0, 0.1) is 0 Å². The highest BCUT2D eigenvalue weighted by molar-refractivity contribution is 7.17. The van der Waals surface area contributed by atoms with Gasteiger partial charge in [-0.1, -0.05) is 11.3 Å². The number of carbonyl (C=O) groups is 2. The highest BCUT2D eigenvalue weighted by Gasteiger charge is 2.18. The molecule has 0 atom stereocenters. The molecule has 0 spiro atoms. The Hall–Kier alpha value is -1.63. The lowest BCUT2D eigenvalue weighted by molar-refractivity contribution is 0.1000. The van der Waals surface area contributed by atoms with Crippen molar-refractivity contribution >= 4 is 28.3 Å². The van der Waals surface area contributed by atoms with Crippen molar-refractivity contribution in [2.24, 2.45) is 5.73 Å². The molecule has 0 bridgehead atoms. The van der Waals surface area contributed by atoms with E-state index in [9.17, 15) is 9.59 Å². The van der Waals surface area contributed by atoms with Crippen LogP contribution in [0.4, 0.5) is 9.80 Å². The maximum absolute atomic E-state index is 11.7. The van der Waals surface area contributed by atoms with Crippen LogP contribution in [0.3, 0.4) is 0 Å². The fraction of sp³-hybridized carbons (Fsp3) is 0.444. The fourth-order valence-electron chi connectivity index (χ4n) is 1.55. The molecule has 0 aliphatic carbocycles. The van der Waals surface area contributed by atoms with Gasteiger partial charge in [0.05, 0.1) is 6.20 Å². The SMILES string of the molecule is NC(=O)c1ncc(NC(=O)N2CCCC2)s1. The average Bonchev–Trinajstić information content (AvgIpc) is 2.87. The van der Waals surface area contributed by atoms with Crippen molar-refractivity contribution in [3.05, 3.63) is 11.2 Å². The van der Waals surface area contributed by atoms with Crippen LogP contribution in [0.2, 0.25) is 0 Å². The quantitative estimate of drug-likeness (QED) is 0.803. The molecule has 1 aromatic rings. The summed E-state index contributed by atoms with van der Waals surface area (Å²) in [4.78, 5) is 28.0. The van der Waals surface area contributed by atoms with Crippen molar-refractivity contribution < 1.29 is 9.59 Å². The van der Waals surface area contributed by atoms with Crippen LogP contribution >= 0.6 is 11.3 Å². The molecule has 1 aromatic heterocycles. The van der Waals surface area contributed by atoms with Crippen LogP contribution in [0.25, 0.3) is 0 Å². The number of anilines is 1. The van der Waals surface area contributed by atoms with Gasteiger partial charge in [-0.05, 0) is 12.8 Å². The fourth-order valence-corrected chi connectivity index (χ4v) is 2.21. The van der Waals surface area contributed by atoms with E-state index in [1.54, 1.807) is 4.90 Å². The Labute approximate surface area is 96.4 Å². The van der Waals surface area contributed by atoms with Crippen LogP contribution in [-0.2, 0) is 0 Å². The average molecular weight is 240 g/mol. The Bertz CT molecular complexity index is 411. The van der Waals surface area contributed by atoms with Crippen LogP contribution in [-0.4, -0.2) is 34.9 Å². The Balaban J connectivity index is 1.97. The van der Waals surface area contributed by atoms with Gasteiger partial charge >= 0.3 is 6.03 Å². The molecule has 2 heterocycles. The second kappa shape index (κ2) is 4.48. The number of aromatic nitrogens is 1. The van der Waals surface area contributed by atoms with Crippen LogP contribution < -0.4 is 11.1 Å². The van der Waals surface area contributed by atoms with Gasteiger partial charge in [0.2, 0.25) is 0 Å². The first-order valence-corrected chi connectivity index (χ1v) is 5.80. The van der Waals surface area contributed by atoms with E-state index < -0.39 is 5.91 Å². The lowest BCUT2D eigenvalue weighted by Crippen LogP contribution is -2.31. The summed E-state index contributed by atoms with van der Waals surface area (Å²) in [5.74, 6) is -0.577. The minimum absolute atomic E-state index is 0.142. The van der Waals surface area contributed by atoms with E-state index in [2.05, 4.69) is 10.3 Å². The molecule has 16 heavy (non-hydrogen) atoms. The van der Waals surface area contributed by atoms with Gasteiger partial charge in [-0.25, -0.2) is 9.78 Å². The molecule has 7 heteroatoms. The highest BCUT2D eigenvalue weighted by atomic mass is 32.1. The summed E-state index contributed by atoms with van der Waals surface area (Å²) in [6, 6.07) is -0.142. The van der Waals surface area contributed by atoms with E-state index in [0.717, 1.165) is 37.3 Å². The van der Waals surface area contributed by atoms with E-state index in [-0.39, 0.29) is 11.0 Å². The van der Waals surface area contributed by atoms with Gasteiger partial charge in [0.25, 0.3) is 5.91 Å². The van der Waals surface area contributed by atoms with Crippen molar-refractivity contribution in [3.8, 4) is 0 Å². The number of hydrogen-bond donors (Lipinski definition) is 2. The van der Waals surface area contributed by atoms with E-state index >= 15 is 0 Å². The first-order valence-electron chi connectivity index (χ1n) is 4.98. The Morgan fingerprint density at radius 3 is 2.69 bits per heavy atom. The zero-order chi connectivity index (χ0) is 11.5. The van der Waals surface area contributed by atoms with Gasteiger partial charge in [0, 0.05) is 13.1 Å². The standard InChI is InChI=1S/C9H12N4O2S/c10-7(14)8-11-5-6(16-8)12-9(15)13-3-1-2-4-13/h5H,1-4H2,(H2,10,14)(H,12,15). The Morgan fingerprint density at radius 1 is 1.44 bits per heavy atom. The summed E-state index contributed by atoms with van der Waals surface area (Å²) >= 11 is 1.08. The number of carbonyl (C=O) groups excluding carboxylic acids is 2. The summed E-state index contributed by atoms with van der Waals surface area (Å²) in [5.41, 5.74) is 5.07. The topological polar surface area (TPSA) is 88.3 Å². The molecule has 1 fully saturated rings. The summed E-state index contributed by atoms with van der Waals surface area (Å²) in [6.45, 7) is 1.57. The number of nitrogens with one attached hydrogen (secondary N) is 1. The normalized spacial score (nSPS) is 15.1. The van der Waals surface area contributed by atoms with Gasteiger partial charge in [-0.15, -0.1) is 0 Å². The van der Waals surface area contributed by atoms with E-state index in [0.29, 0.717) is 5.00 Å². The number of rotatable bonds is 2. The maximum Gasteiger partial charge on any atom is 0.322 e. The number of likely N-dealkylation sites (tertiary alicyclic amines) is 1. The predicted molar refractivity (Wildman–Crippen MR) is 60.5 cm³/mol. The lowest BCUT2D eigenvalue weighted by Gasteiger charge is -2.14. The molecule has 0 saturated carbocycles. The highest BCUT2D eigenvalue weighted by Crippen LogP contribution is 2.19. The molecule has 1 aliphatic rings. The molecule has 0 radical (unpaired) electrons. The van der Waals surface area contributed by atoms with Gasteiger partial charge in [0.1, 0.15) is 5.00 Å². The Morgan fingerprint density at radius 2 is 2.12 bits per heavy atom. The molecule has 0 unspecified atom stereocenters. The lowest BCUT2D eigenvalue weighted by atomic mass is 10.4. The molecule has 2 rings (SSSR count). The Kier molecular flexibility index (Phi) is 3.04. The summed E-state index contributed by atoms with van der Waals surface area (Å²) < 4.78 is 0. The first kappa shape index (κ1) is 10.9. The molecule has 1 aliphatic heterocycles. The molecular formula is C9H12N4O2S. The molecule has 3 amide bonds. The predicted octanol–water partition coefficient (Wildman–Crippen LogP) is 0.870. The van der Waals surface area contributed by atoms with Crippen LogP contribution in [0.15, 0.2) is 6.20 Å². The van der Waals surface area contributed by atoms with Crippen molar-refractivity contribution in [2.45, 2.75) is 12.8 Å². The van der Waals surface area contributed by atoms with Gasteiger partial charge in [0.15, 0.2) is 5.01 Å². The van der Waals surface area contributed by atoms with E-state index in [1.807, 2.05) is 0 Å². The number of urea groups is 1.